The minimum atomic E-state index is -4.47. The lowest BCUT2D eigenvalue weighted by molar-refractivity contribution is -0.138. The summed E-state index contributed by atoms with van der Waals surface area (Å²) in [5, 5.41) is 3.13. The highest BCUT2D eigenvalue weighted by molar-refractivity contribution is 6.30. The molecule has 126 valence electrons. The van der Waals surface area contributed by atoms with Crippen molar-refractivity contribution in [1.29, 1.82) is 0 Å². The van der Waals surface area contributed by atoms with Crippen LogP contribution in [-0.2, 0) is 12.7 Å². The van der Waals surface area contributed by atoms with Crippen molar-refractivity contribution in [1.82, 2.24) is 10.2 Å². The Labute approximate surface area is 141 Å². The second-order valence-corrected chi connectivity index (χ2v) is 5.85. The van der Waals surface area contributed by atoms with Crippen LogP contribution in [0.4, 0.5) is 13.2 Å². The van der Waals surface area contributed by atoms with Crippen molar-refractivity contribution in [2.24, 2.45) is 11.5 Å². The van der Waals surface area contributed by atoms with Gasteiger partial charge in [0.25, 0.3) is 0 Å². The zero-order valence-electron chi connectivity index (χ0n) is 11.9. The van der Waals surface area contributed by atoms with Crippen LogP contribution in [0.25, 0.3) is 0 Å². The van der Waals surface area contributed by atoms with Crippen molar-refractivity contribution in [3.05, 3.63) is 57.1 Å². The predicted molar refractivity (Wildman–Crippen MR) is 84.2 cm³/mol. The third kappa shape index (κ3) is 4.39. The zero-order valence-corrected chi connectivity index (χ0v) is 13.4. The van der Waals surface area contributed by atoms with E-state index in [1.165, 1.54) is 18.2 Å². The van der Waals surface area contributed by atoms with E-state index in [0.29, 0.717) is 24.6 Å². The van der Waals surface area contributed by atoms with Crippen molar-refractivity contribution in [3.63, 3.8) is 0 Å². The fourth-order valence-electron chi connectivity index (χ4n) is 2.35. The largest absolute Gasteiger partial charge is 0.416 e. The van der Waals surface area contributed by atoms with Crippen molar-refractivity contribution in [3.8, 4) is 0 Å². The first-order chi connectivity index (χ1) is 10.7. The molecule has 0 amide bonds. The number of allylic oxidation sites excluding steroid dienone is 1. The zero-order chi connectivity index (χ0) is 17.2. The minimum absolute atomic E-state index is 0.0150. The van der Waals surface area contributed by atoms with Gasteiger partial charge < -0.3 is 21.7 Å². The van der Waals surface area contributed by atoms with Crippen LogP contribution in [0.2, 0.25) is 5.02 Å². The summed E-state index contributed by atoms with van der Waals surface area (Å²) in [5.74, 6) is 0.301. The molecular weight excluding hydrogens is 352 g/mol. The molecule has 23 heavy (non-hydrogen) atoms. The number of nitrogens with zero attached hydrogens (tertiary/aromatic N) is 1. The lowest BCUT2D eigenvalue weighted by atomic mass is 10.1. The van der Waals surface area contributed by atoms with Crippen molar-refractivity contribution < 1.29 is 13.2 Å². The molecule has 0 unspecified atom stereocenters. The van der Waals surface area contributed by atoms with Gasteiger partial charge in [0.05, 0.1) is 11.3 Å². The number of halogens is 5. The molecule has 1 heterocycles. The minimum Gasteiger partial charge on any atom is -0.389 e. The number of hydrogen-bond donors (Lipinski definition) is 3. The average molecular weight is 367 g/mol. The number of nitrogens with one attached hydrogen (secondary N) is 1. The molecule has 2 rings (SSSR count). The van der Waals surface area contributed by atoms with Gasteiger partial charge in [-0.25, -0.2) is 0 Å². The van der Waals surface area contributed by atoms with Crippen LogP contribution in [0.5, 0.6) is 0 Å². The van der Waals surface area contributed by atoms with E-state index < -0.39 is 11.7 Å². The monoisotopic (exact) mass is 366 g/mol. The topological polar surface area (TPSA) is 67.3 Å². The molecule has 0 spiro atoms. The highest BCUT2D eigenvalue weighted by Gasteiger charge is 2.34. The van der Waals surface area contributed by atoms with E-state index in [1.807, 2.05) is 0 Å². The second-order valence-electron chi connectivity index (χ2n) is 4.98. The Kier molecular flexibility index (Phi) is 5.21. The van der Waals surface area contributed by atoms with Crippen LogP contribution in [0, 0.1) is 0 Å². The summed E-state index contributed by atoms with van der Waals surface area (Å²) in [7, 11) is 0. The van der Waals surface area contributed by atoms with Gasteiger partial charge in [0.15, 0.2) is 0 Å². The quantitative estimate of drug-likeness (QED) is 0.719. The van der Waals surface area contributed by atoms with Crippen LogP contribution in [0.1, 0.15) is 11.1 Å². The molecule has 0 bridgehead atoms. The van der Waals surface area contributed by atoms with Crippen LogP contribution in [-0.4, -0.2) is 18.0 Å². The third-order valence-corrected chi connectivity index (χ3v) is 3.67. The van der Waals surface area contributed by atoms with Crippen LogP contribution >= 0.6 is 23.2 Å². The molecule has 0 aliphatic carbocycles. The molecule has 0 atom stereocenters. The van der Waals surface area contributed by atoms with Gasteiger partial charge in [0.1, 0.15) is 11.0 Å². The Morgan fingerprint density at radius 1 is 1.39 bits per heavy atom. The third-order valence-electron chi connectivity index (χ3n) is 3.32. The van der Waals surface area contributed by atoms with Crippen molar-refractivity contribution in [2.45, 2.75) is 12.7 Å². The molecule has 1 aliphatic heterocycles. The van der Waals surface area contributed by atoms with E-state index in [-0.39, 0.29) is 22.3 Å². The summed E-state index contributed by atoms with van der Waals surface area (Å²) in [4.78, 5) is 1.67. The maximum absolute atomic E-state index is 13.2. The van der Waals surface area contributed by atoms with Gasteiger partial charge in [0.2, 0.25) is 0 Å². The fourth-order valence-corrected chi connectivity index (χ4v) is 2.64. The summed E-state index contributed by atoms with van der Waals surface area (Å²) in [5.41, 5.74) is 11.1. The number of nitrogens with two attached hydrogens (primary N) is 2. The normalized spacial score (nSPS) is 16.6. The Balaban J connectivity index is 2.40. The molecule has 1 aliphatic rings. The highest BCUT2D eigenvalue weighted by Crippen LogP contribution is 2.34. The summed E-state index contributed by atoms with van der Waals surface area (Å²) >= 11 is 11.5. The van der Waals surface area contributed by atoms with Crippen LogP contribution in [0.3, 0.4) is 0 Å². The molecule has 0 aromatic heterocycles. The van der Waals surface area contributed by atoms with Gasteiger partial charge in [0, 0.05) is 24.7 Å². The first-order valence-corrected chi connectivity index (χ1v) is 7.41. The summed E-state index contributed by atoms with van der Waals surface area (Å²) in [6, 6.07) is 3.49. The summed E-state index contributed by atoms with van der Waals surface area (Å²) in [6.45, 7) is 0.918. The molecule has 1 aromatic carbocycles. The maximum Gasteiger partial charge on any atom is 0.416 e. The van der Waals surface area contributed by atoms with Crippen LogP contribution < -0.4 is 16.8 Å². The van der Waals surface area contributed by atoms with Crippen LogP contribution in [0.15, 0.2) is 40.9 Å². The fraction of sp³-hybridized carbons (Fsp3) is 0.286. The number of alkyl halides is 3. The summed E-state index contributed by atoms with van der Waals surface area (Å²) < 4.78 is 39.5. The smallest absolute Gasteiger partial charge is 0.389 e. The molecule has 1 aromatic rings. The first kappa shape index (κ1) is 17.6. The van der Waals surface area contributed by atoms with E-state index in [9.17, 15) is 13.2 Å². The molecule has 0 saturated heterocycles. The van der Waals surface area contributed by atoms with E-state index in [1.54, 1.807) is 4.90 Å². The van der Waals surface area contributed by atoms with Gasteiger partial charge in [-0.15, -0.1) is 0 Å². The molecule has 5 N–H and O–H groups in total. The molecule has 4 nitrogen and oxygen atoms in total. The summed E-state index contributed by atoms with van der Waals surface area (Å²) in [6.07, 6.45) is -3.06. The van der Waals surface area contributed by atoms with Gasteiger partial charge in [-0.3, -0.25) is 0 Å². The molecular formula is C14H15Cl2F3N4. The van der Waals surface area contributed by atoms with E-state index in [4.69, 9.17) is 34.7 Å². The van der Waals surface area contributed by atoms with E-state index in [2.05, 4.69) is 5.32 Å². The van der Waals surface area contributed by atoms with Gasteiger partial charge >= 0.3 is 6.18 Å². The predicted octanol–water partition coefficient (Wildman–Crippen LogP) is 2.93. The lowest BCUT2D eigenvalue weighted by Gasteiger charge is -2.32. The maximum atomic E-state index is 13.2. The van der Waals surface area contributed by atoms with E-state index in [0.717, 1.165) is 6.07 Å². The average Bonchev–Trinajstić information content (AvgIpc) is 2.41. The van der Waals surface area contributed by atoms with Crippen molar-refractivity contribution >= 4 is 23.2 Å². The molecule has 0 fully saturated rings. The number of benzene rings is 1. The second kappa shape index (κ2) is 6.80. The molecule has 0 saturated carbocycles. The Morgan fingerprint density at radius 3 is 2.70 bits per heavy atom. The molecule has 9 heteroatoms. The van der Waals surface area contributed by atoms with Gasteiger partial charge in [-0.1, -0.05) is 23.2 Å². The number of hydrogen-bond acceptors (Lipinski definition) is 4. The lowest BCUT2D eigenvalue weighted by Crippen LogP contribution is -2.41. The Morgan fingerprint density at radius 2 is 2.09 bits per heavy atom. The number of rotatable bonds is 3. The highest BCUT2D eigenvalue weighted by atomic mass is 35.5. The first-order valence-electron chi connectivity index (χ1n) is 6.65. The van der Waals surface area contributed by atoms with Gasteiger partial charge in [-0.2, -0.15) is 13.2 Å². The SMILES string of the molecule is NC1=C(/C=C(\N)Cl)N(Cc2cc(Cl)ccc2C(F)(F)F)CCN1. The Hall–Kier alpha value is -1.73. The van der Waals surface area contributed by atoms with E-state index >= 15 is 0 Å². The molecule has 0 radical (unpaired) electrons. The van der Waals surface area contributed by atoms with Crippen molar-refractivity contribution in [2.75, 3.05) is 13.1 Å². The standard InChI is InChI=1S/C14H15Cl2F3N4/c15-9-1-2-10(14(17,18)19)8(5-9)7-23-4-3-22-13(21)11(23)6-12(16)20/h1-2,5-6,22H,3-4,7,20-21H2/b12-6-. The Bertz CT molecular complexity index is 652. The van der Waals surface area contributed by atoms with Gasteiger partial charge in [-0.05, 0) is 29.8 Å².